The molecule has 0 saturated carbocycles. The lowest BCUT2D eigenvalue weighted by atomic mass is 9.92. The Bertz CT molecular complexity index is 1260. The van der Waals surface area contributed by atoms with Gasteiger partial charge in [0.05, 0.1) is 10.7 Å². The molecule has 0 spiro atoms. The van der Waals surface area contributed by atoms with Crippen molar-refractivity contribution in [2.75, 3.05) is 19.6 Å². The average molecular weight is 491 g/mol. The zero-order valence-electron chi connectivity index (χ0n) is 19.8. The number of rotatable bonds is 7. The summed E-state index contributed by atoms with van der Waals surface area (Å²) in [6.07, 6.45) is 9.66. The van der Waals surface area contributed by atoms with Gasteiger partial charge in [0.2, 0.25) is 0 Å². The van der Waals surface area contributed by atoms with Crippen molar-refractivity contribution in [1.82, 2.24) is 14.5 Å². The number of allylic oxidation sites excluding steroid dienone is 1. The molecule has 2 aromatic heterocycles. The summed E-state index contributed by atoms with van der Waals surface area (Å²) < 4.78 is 7.46. The summed E-state index contributed by atoms with van der Waals surface area (Å²) in [4.78, 5) is 19.6. The molecule has 7 heteroatoms. The van der Waals surface area contributed by atoms with E-state index in [9.17, 15) is 4.79 Å². The molecule has 3 heterocycles. The van der Waals surface area contributed by atoms with E-state index in [0.29, 0.717) is 16.7 Å². The number of hydrogen-bond donors (Lipinski definition) is 1. The highest BCUT2D eigenvalue weighted by Crippen LogP contribution is 2.28. The van der Waals surface area contributed by atoms with E-state index in [4.69, 9.17) is 22.1 Å². The molecule has 5 rings (SSSR count). The van der Waals surface area contributed by atoms with Crippen molar-refractivity contribution in [3.63, 3.8) is 0 Å². The second-order valence-electron chi connectivity index (χ2n) is 9.45. The summed E-state index contributed by atoms with van der Waals surface area (Å²) in [5, 5.41) is 0.581. The minimum atomic E-state index is -0.0984. The molecule has 0 bridgehead atoms. The normalized spacial score (nSPS) is 16.6. The highest BCUT2D eigenvalue weighted by atomic mass is 35.5. The molecule has 1 saturated heterocycles. The Balaban J connectivity index is 1.24. The number of likely N-dealkylation sites (tertiary alicyclic amines) is 1. The third-order valence-corrected chi connectivity index (χ3v) is 7.23. The van der Waals surface area contributed by atoms with Crippen LogP contribution < -0.4 is 16.0 Å². The first-order chi connectivity index (χ1) is 17.1. The number of nitrogens with zero attached hydrogens (tertiary/aromatic N) is 3. The van der Waals surface area contributed by atoms with Gasteiger partial charge in [0, 0.05) is 30.7 Å². The second kappa shape index (κ2) is 10.8. The fourth-order valence-electron chi connectivity index (χ4n) is 4.89. The number of aryl methyl sites for hydroxylation is 1. The standard InChI is InChI=1S/C28H31ClN4O2/c29-24-4-5-25(31-17-24)19-35-27-9-12-33(28(34)15-27)26-6-3-22-13-21(1-2-23(22)14-26)18-32-10-7-20(16-30)8-11-32/h1-2,4-5,9,12-15,17,20H,3,6-8,10-11,16,18-19,30H2. The van der Waals surface area contributed by atoms with E-state index in [0.717, 1.165) is 50.4 Å². The third-order valence-electron chi connectivity index (χ3n) is 7.00. The van der Waals surface area contributed by atoms with Crippen molar-refractivity contribution >= 4 is 23.4 Å². The molecule has 2 N–H and O–H groups in total. The first kappa shape index (κ1) is 23.8. The van der Waals surface area contributed by atoms with Crippen molar-refractivity contribution in [2.24, 2.45) is 11.7 Å². The van der Waals surface area contributed by atoms with Gasteiger partial charge in [0.25, 0.3) is 5.56 Å². The number of benzene rings is 1. The molecule has 35 heavy (non-hydrogen) atoms. The number of piperidine rings is 1. The zero-order chi connectivity index (χ0) is 24.2. The van der Waals surface area contributed by atoms with Gasteiger partial charge in [-0.2, -0.15) is 0 Å². The molecular weight excluding hydrogens is 460 g/mol. The molecule has 1 fully saturated rings. The van der Waals surface area contributed by atoms with Crippen LogP contribution in [0.3, 0.4) is 0 Å². The average Bonchev–Trinajstić information content (AvgIpc) is 2.88. The quantitative estimate of drug-likeness (QED) is 0.524. The first-order valence-electron chi connectivity index (χ1n) is 12.3. The lowest BCUT2D eigenvalue weighted by molar-refractivity contribution is 0.180. The van der Waals surface area contributed by atoms with Crippen LogP contribution in [0, 0.1) is 5.92 Å². The van der Waals surface area contributed by atoms with Gasteiger partial charge in [-0.25, -0.2) is 0 Å². The van der Waals surface area contributed by atoms with Gasteiger partial charge in [-0.3, -0.25) is 19.2 Å². The van der Waals surface area contributed by atoms with Crippen LogP contribution in [0.4, 0.5) is 0 Å². The van der Waals surface area contributed by atoms with Gasteiger partial charge >= 0.3 is 0 Å². The molecule has 0 radical (unpaired) electrons. The van der Waals surface area contributed by atoms with E-state index in [1.54, 1.807) is 23.0 Å². The van der Waals surface area contributed by atoms with E-state index < -0.39 is 0 Å². The fourth-order valence-corrected chi connectivity index (χ4v) is 5.01. The van der Waals surface area contributed by atoms with Crippen molar-refractivity contribution in [3.05, 3.63) is 92.6 Å². The van der Waals surface area contributed by atoms with Crippen LogP contribution in [0.1, 0.15) is 41.6 Å². The number of ether oxygens (including phenoxy) is 1. The molecule has 0 unspecified atom stereocenters. The minimum Gasteiger partial charge on any atom is -0.487 e. The third kappa shape index (κ3) is 5.84. The Labute approximate surface area is 211 Å². The van der Waals surface area contributed by atoms with Gasteiger partial charge in [-0.05, 0) is 92.2 Å². The topological polar surface area (TPSA) is 73.4 Å². The zero-order valence-corrected chi connectivity index (χ0v) is 20.6. The van der Waals surface area contributed by atoms with Crippen LogP contribution in [0.25, 0.3) is 11.8 Å². The Morgan fingerprint density at radius 1 is 1.09 bits per heavy atom. The number of hydrogen-bond acceptors (Lipinski definition) is 5. The SMILES string of the molecule is NCC1CCN(Cc2ccc3c(c2)CCC(n2ccc(OCc4ccc(Cl)cn4)cc2=O)=C3)CC1. The number of fused-ring (bicyclic) bond motifs is 1. The van der Waals surface area contributed by atoms with Gasteiger partial charge in [-0.1, -0.05) is 29.8 Å². The summed E-state index contributed by atoms with van der Waals surface area (Å²) in [5.41, 5.74) is 11.4. The Hall–Kier alpha value is -2.93. The molecule has 1 aliphatic heterocycles. The minimum absolute atomic E-state index is 0.0984. The first-order valence-corrected chi connectivity index (χ1v) is 12.7. The highest BCUT2D eigenvalue weighted by Gasteiger charge is 2.19. The van der Waals surface area contributed by atoms with Gasteiger partial charge in [0.1, 0.15) is 12.4 Å². The lowest BCUT2D eigenvalue weighted by Crippen LogP contribution is -2.35. The molecule has 1 aliphatic carbocycles. The number of nitrogens with two attached hydrogens (primary N) is 1. The van der Waals surface area contributed by atoms with Crippen LogP contribution >= 0.6 is 11.6 Å². The summed E-state index contributed by atoms with van der Waals surface area (Å²) in [5.74, 6) is 1.21. The summed E-state index contributed by atoms with van der Waals surface area (Å²) in [6, 6.07) is 13.7. The number of pyridine rings is 2. The number of aromatic nitrogens is 2. The monoisotopic (exact) mass is 490 g/mol. The van der Waals surface area contributed by atoms with Crippen LogP contribution in [0.5, 0.6) is 5.75 Å². The summed E-state index contributed by atoms with van der Waals surface area (Å²) >= 11 is 5.87. The van der Waals surface area contributed by atoms with Gasteiger partial charge < -0.3 is 10.5 Å². The molecular formula is C28H31ClN4O2. The maximum atomic E-state index is 12.8. The van der Waals surface area contributed by atoms with E-state index in [1.807, 2.05) is 12.1 Å². The van der Waals surface area contributed by atoms with Crippen LogP contribution in [-0.2, 0) is 19.6 Å². The van der Waals surface area contributed by atoms with Gasteiger partial charge in [-0.15, -0.1) is 0 Å². The van der Waals surface area contributed by atoms with E-state index in [1.165, 1.54) is 35.6 Å². The largest absolute Gasteiger partial charge is 0.487 e. The van der Waals surface area contributed by atoms with E-state index in [2.05, 4.69) is 34.2 Å². The molecule has 2 aliphatic rings. The smallest absolute Gasteiger partial charge is 0.258 e. The number of halogens is 1. The van der Waals surface area contributed by atoms with Crippen molar-refractivity contribution in [1.29, 1.82) is 0 Å². The summed E-state index contributed by atoms with van der Waals surface area (Å²) in [7, 11) is 0. The highest BCUT2D eigenvalue weighted by molar-refractivity contribution is 6.30. The van der Waals surface area contributed by atoms with Crippen molar-refractivity contribution in [3.8, 4) is 5.75 Å². The molecule has 182 valence electrons. The van der Waals surface area contributed by atoms with Crippen LogP contribution in [-0.4, -0.2) is 34.1 Å². The predicted molar refractivity (Wildman–Crippen MR) is 140 cm³/mol. The van der Waals surface area contributed by atoms with Crippen LogP contribution in [0.15, 0.2) is 59.7 Å². The maximum Gasteiger partial charge on any atom is 0.258 e. The molecule has 0 amide bonds. The molecule has 6 nitrogen and oxygen atoms in total. The lowest BCUT2D eigenvalue weighted by Gasteiger charge is -2.31. The van der Waals surface area contributed by atoms with E-state index >= 15 is 0 Å². The van der Waals surface area contributed by atoms with Gasteiger partial charge in [0.15, 0.2) is 0 Å². The Morgan fingerprint density at radius 3 is 2.69 bits per heavy atom. The molecule has 3 aromatic rings. The Kier molecular flexibility index (Phi) is 7.32. The fraction of sp³-hybridized carbons (Fsp3) is 0.357. The Morgan fingerprint density at radius 2 is 1.94 bits per heavy atom. The predicted octanol–water partition coefficient (Wildman–Crippen LogP) is 4.59. The summed E-state index contributed by atoms with van der Waals surface area (Å²) in [6.45, 7) is 4.34. The molecule has 0 atom stereocenters. The molecule has 1 aromatic carbocycles. The second-order valence-corrected chi connectivity index (χ2v) is 9.89. The van der Waals surface area contributed by atoms with Crippen molar-refractivity contribution < 1.29 is 4.74 Å². The van der Waals surface area contributed by atoms with Crippen LogP contribution in [0.2, 0.25) is 5.02 Å². The van der Waals surface area contributed by atoms with Crippen molar-refractivity contribution in [2.45, 2.75) is 38.8 Å². The van der Waals surface area contributed by atoms with E-state index in [-0.39, 0.29) is 12.2 Å². The maximum absolute atomic E-state index is 12.8.